The lowest BCUT2D eigenvalue weighted by Crippen LogP contribution is -2.39. The van der Waals surface area contributed by atoms with Crippen LogP contribution in [0.5, 0.6) is 0 Å². The molecule has 0 radical (unpaired) electrons. The number of hydrogen-bond acceptors (Lipinski definition) is 5. The first kappa shape index (κ1) is 14.0. The van der Waals surface area contributed by atoms with E-state index in [1.807, 2.05) is 0 Å². The van der Waals surface area contributed by atoms with E-state index in [2.05, 4.69) is 15.6 Å². The number of amides is 2. The predicted octanol–water partition coefficient (Wildman–Crippen LogP) is -0.390. The Balaban J connectivity index is 1.56. The number of anilines is 1. The maximum atomic E-state index is 12.2. The molecule has 0 spiro atoms. The molecule has 1 saturated carbocycles. The van der Waals surface area contributed by atoms with Gasteiger partial charge in [-0.2, -0.15) is 0 Å². The molecule has 1 aromatic rings. The van der Waals surface area contributed by atoms with Gasteiger partial charge >= 0.3 is 0 Å². The van der Waals surface area contributed by atoms with Crippen molar-refractivity contribution in [2.75, 3.05) is 18.5 Å². The van der Waals surface area contributed by atoms with Crippen LogP contribution in [-0.4, -0.2) is 56.0 Å². The highest BCUT2D eigenvalue weighted by Gasteiger charge is 2.30. The quantitative estimate of drug-likeness (QED) is 0.770. The molecule has 8 heteroatoms. The van der Waals surface area contributed by atoms with Gasteiger partial charge in [0, 0.05) is 12.5 Å². The largest absolute Gasteiger partial charge is 0.394 e. The Labute approximate surface area is 122 Å². The highest BCUT2D eigenvalue weighted by atomic mass is 16.3. The molecule has 2 heterocycles. The molecular weight excluding hydrogens is 274 g/mol. The van der Waals surface area contributed by atoms with E-state index in [0.717, 1.165) is 25.7 Å². The van der Waals surface area contributed by atoms with E-state index < -0.39 is 0 Å². The first-order chi connectivity index (χ1) is 10.2. The zero-order valence-corrected chi connectivity index (χ0v) is 11.7. The second kappa shape index (κ2) is 5.80. The van der Waals surface area contributed by atoms with Crippen molar-refractivity contribution in [2.45, 2.75) is 38.3 Å². The third-order valence-corrected chi connectivity index (χ3v) is 3.94. The average Bonchev–Trinajstić information content (AvgIpc) is 3.06. The Hall–Kier alpha value is -1.96. The number of carbonyl (C=O) groups is 2. The van der Waals surface area contributed by atoms with Crippen molar-refractivity contribution >= 4 is 17.6 Å². The molecule has 1 unspecified atom stereocenters. The van der Waals surface area contributed by atoms with Crippen LogP contribution in [0.3, 0.4) is 0 Å². The van der Waals surface area contributed by atoms with Crippen LogP contribution >= 0.6 is 0 Å². The topological polar surface area (TPSA) is 100 Å². The van der Waals surface area contributed by atoms with Crippen LogP contribution in [0.4, 0.5) is 5.82 Å². The van der Waals surface area contributed by atoms with E-state index in [1.54, 1.807) is 11.1 Å². The predicted molar refractivity (Wildman–Crippen MR) is 73.2 cm³/mol. The van der Waals surface area contributed by atoms with E-state index in [1.165, 1.54) is 4.68 Å². The highest BCUT2D eigenvalue weighted by Crippen LogP contribution is 2.29. The van der Waals surface area contributed by atoms with Gasteiger partial charge in [0.25, 0.3) is 0 Å². The van der Waals surface area contributed by atoms with Crippen molar-refractivity contribution in [2.24, 2.45) is 5.92 Å². The number of hydrogen-bond donors (Lipinski definition) is 2. The lowest BCUT2D eigenvalue weighted by Gasteiger charge is -2.22. The number of nitrogens with zero attached hydrogens (tertiary/aromatic N) is 4. The Kier molecular flexibility index (Phi) is 3.87. The normalized spacial score (nSPS) is 21.6. The minimum Gasteiger partial charge on any atom is -0.394 e. The van der Waals surface area contributed by atoms with Crippen LogP contribution < -0.4 is 5.32 Å². The van der Waals surface area contributed by atoms with Crippen molar-refractivity contribution in [1.82, 2.24) is 19.9 Å². The Morgan fingerprint density at radius 1 is 1.38 bits per heavy atom. The first-order valence-electron chi connectivity index (χ1n) is 7.28. The van der Waals surface area contributed by atoms with Gasteiger partial charge in [-0.3, -0.25) is 9.59 Å². The lowest BCUT2D eigenvalue weighted by molar-refractivity contribution is -0.133. The number of aliphatic hydroxyl groups is 1. The standard InChI is InChI=1S/C13H19N5O3/c19-8-10-2-1-5-18(10)12(20)7-17-6-11(15-16-17)14-13(21)9-3-4-9/h6,9-10,19H,1-5,7-8H2,(H,14,21). The third-order valence-electron chi connectivity index (χ3n) is 3.94. The van der Waals surface area contributed by atoms with E-state index in [-0.39, 0.29) is 36.9 Å². The molecule has 1 aromatic heterocycles. The van der Waals surface area contributed by atoms with Crippen molar-refractivity contribution < 1.29 is 14.7 Å². The summed E-state index contributed by atoms with van der Waals surface area (Å²) < 4.78 is 1.41. The molecular formula is C13H19N5O3. The van der Waals surface area contributed by atoms with E-state index in [0.29, 0.717) is 12.4 Å². The molecule has 2 N–H and O–H groups in total. The van der Waals surface area contributed by atoms with Crippen molar-refractivity contribution in [3.05, 3.63) is 6.20 Å². The van der Waals surface area contributed by atoms with Crippen molar-refractivity contribution in [3.63, 3.8) is 0 Å². The molecule has 2 fully saturated rings. The summed E-state index contributed by atoms with van der Waals surface area (Å²) in [5.41, 5.74) is 0. The molecule has 1 aliphatic heterocycles. The smallest absolute Gasteiger partial charge is 0.244 e. The summed E-state index contributed by atoms with van der Waals surface area (Å²) in [5, 5.41) is 19.6. The highest BCUT2D eigenvalue weighted by molar-refractivity contribution is 5.93. The SMILES string of the molecule is O=C(Nc1cn(CC(=O)N2CCCC2CO)nn1)C1CC1. The zero-order valence-electron chi connectivity index (χ0n) is 11.7. The summed E-state index contributed by atoms with van der Waals surface area (Å²) in [6.45, 7) is 0.735. The van der Waals surface area contributed by atoms with Crippen LogP contribution in [0.2, 0.25) is 0 Å². The van der Waals surface area contributed by atoms with Gasteiger partial charge in [0.15, 0.2) is 5.82 Å². The van der Waals surface area contributed by atoms with Gasteiger partial charge in [-0.05, 0) is 25.7 Å². The summed E-state index contributed by atoms with van der Waals surface area (Å²) in [7, 11) is 0. The third kappa shape index (κ3) is 3.21. The molecule has 1 atom stereocenters. The molecule has 114 valence electrons. The lowest BCUT2D eigenvalue weighted by atomic mass is 10.2. The number of aliphatic hydroxyl groups excluding tert-OH is 1. The molecule has 21 heavy (non-hydrogen) atoms. The molecule has 1 aliphatic carbocycles. The van der Waals surface area contributed by atoms with E-state index >= 15 is 0 Å². The van der Waals surface area contributed by atoms with Crippen molar-refractivity contribution in [3.8, 4) is 0 Å². The fourth-order valence-electron chi connectivity index (χ4n) is 2.59. The number of likely N-dealkylation sites (tertiary alicyclic amines) is 1. The second-order valence-electron chi connectivity index (χ2n) is 5.63. The van der Waals surface area contributed by atoms with Crippen molar-refractivity contribution in [1.29, 1.82) is 0 Å². The van der Waals surface area contributed by atoms with E-state index in [9.17, 15) is 14.7 Å². The van der Waals surface area contributed by atoms with Gasteiger partial charge in [-0.1, -0.05) is 5.21 Å². The Morgan fingerprint density at radius 2 is 2.19 bits per heavy atom. The van der Waals surface area contributed by atoms with Gasteiger partial charge < -0.3 is 15.3 Å². The van der Waals surface area contributed by atoms with Crippen LogP contribution in [0.25, 0.3) is 0 Å². The molecule has 2 aliphatic rings. The Morgan fingerprint density at radius 3 is 2.90 bits per heavy atom. The molecule has 0 aromatic carbocycles. The minimum atomic E-state index is -0.0879. The van der Waals surface area contributed by atoms with Crippen LogP contribution in [0.15, 0.2) is 6.20 Å². The fraction of sp³-hybridized carbons (Fsp3) is 0.692. The van der Waals surface area contributed by atoms with Crippen LogP contribution in [-0.2, 0) is 16.1 Å². The summed E-state index contributed by atoms with van der Waals surface area (Å²) in [5.74, 6) is 0.358. The summed E-state index contributed by atoms with van der Waals surface area (Å²) >= 11 is 0. The van der Waals surface area contributed by atoms with Crippen LogP contribution in [0.1, 0.15) is 25.7 Å². The number of aromatic nitrogens is 3. The summed E-state index contributed by atoms with van der Waals surface area (Å²) in [6.07, 6.45) is 5.16. The van der Waals surface area contributed by atoms with Crippen LogP contribution in [0, 0.1) is 5.92 Å². The fourth-order valence-corrected chi connectivity index (χ4v) is 2.59. The van der Waals surface area contributed by atoms with Gasteiger partial charge in [0.2, 0.25) is 11.8 Å². The zero-order chi connectivity index (χ0) is 14.8. The minimum absolute atomic E-state index is 0.00814. The summed E-state index contributed by atoms with van der Waals surface area (Å²) in [4.78, 5) is 25.5. The maximum absolute atomic E-state index is 12.2. The molecule has 2 amide bonds. The number of rotatable bonds is 5. The summed E-state index contributed by atoms with van der Waals surface area (Å²) in [6, 6.07) is -0.0879. The first-order valence-corrected chi connectivity index (χ1v) is 7.28. The average molecular weight is 293 g/mol. The van der Waals surface area contributed by atoms with Gasteiger partial charge in [-0.15, -0.1) is 5.10 Å². The van der Waals surface area contributed by atoms with Gasteiger partial charge in [-0.25, -0.2) is 4.68 Å². The van der Waals surface area contributed by atoms with Gasteiger partial charge in [0.05, 0.1) is 18.8 Å². The molecule has 1 saturated heterocycles. The molecule has 3 rings (SSSR count). The molecule has 0 bridgehead atoms. The van der Waals surface area contributed by atoms with Gasteiger partial charge in [0.1, 0.15) is 6.54 Å². The Bertz CT molecular complexity index is 540. The second-order valence-corrected chi connectivity index (χ2v) is 5.63. The molecule has 8 nitrogen and oxygen atoms in total. The monoisotopic (exact) mass is 293 g/mol. The number of nitrogens with one attached hydrogen (secondary N) is 1. The number of carbonyl (C=O) groups excluding carboxylic acids is 2. The maximum Gasteiger partial charge on any atom is 0.244 e. The van der Waals surface area contributed by atoms with E-state index in [4.69, 9.17) is 0 Å².